The zero-order valence-electron chi connectivity index (χ0n) is 15.2. The van der Waals surface area contributed by atoms with Gasteiger partial charge >= 0.3 is 0 Å². The Morgan fingerprint density at radius 2 is 2.04 bits per heavy atom. The topological polar surface area (TPSA) is 81.8 Å². The van der Waals surface area contributed by atoms with Crippen molar-refractivity contribution < 1.29 is 14.4 Å². The van der Waals surface area contributed by atoms with Crippen molar-refractivity contribution in [2.45, 2.75) is 44.4 Å². The summed E-state index contributed by atoms with van der Waals surface area (Å²) in [7, 11) is 0. The Morgan fingerprint density at radius 3 is 2.78 bits per heavy atom. The van der Waals surface area contributed by atoms with Crippen LogP contribution in [0.15, 0.2) is 18.2 Å². The fraction of sp³-hybridized carbons (Fsp3) is 0.550. The molecule has 3 fully saturated rings. The monoisotopic (exact) mass is 368 g/mol. The van der Waals surface area contributed by atoms with Gasteiger partial charge in [0.2, 0.25) is 11.8 Å². The lowest BCUT2D eigenvalue weighted by Crippen LogP contribution is -2.61. The standard InChI is InChI=1S/C20H24N4O3/c25-17-5-4-16(19(26)22-17)24-10-14-3-1-2-13(18(14)20(24)27)9-23-7-6-12-8-21-15(12)11-23/h1-3,12,15-16,21H,4-11H2,(H,22,25,26)/t12-,15-,16?/m0/s1. The molecule has 3 atom stereocenters. The number of carbonyl (C=O) groups is 3. The first-order valence-corrected chi connectivity index (χ1v) is 9.81. The molecule has 142 valence electrons. The molecule has 2 N–H and O–H groups in total. The summed E-state index contributed by atoms with van der Waals surface area (Å²) in [5, 5.41) is 5.86. The van der Waals surface area contributed by atoms with Gasteiger partial charge in [0.15, 0.2) is 0 Å². The van der Waals surface area contributed by atoms with Crippen LogP contribution in [0.2, 0.25) is 0 Å². The summed E-state index contributed by atoms with van der Waals surface area (Å²) < 4.78 is 0. The maximum Gasteiger partial charge on any atom is 0.255 e. The Morgan fingerprint density at radius 1 is 1.15 bits per heavy atom. The van der Waals surface area contributed by atoms with E-state index in [2.05, 4.69) is 15.5 Å². The fourth-order valence-corrected chi connectivity index (χ4v) is 4.89. The van der Waals surface area contributed by atoms with E-state index in [4.69, 9.17) is 0 Å². The van der Waals surface area contributed by atoms with Crippen molar-refractivity contribution in [3.63, 3.8) is 0 Å². The highest BCUT2D eigenvalue weighted by molar-refractivity contribution is 6.05. The van der Waals surface area contributed by atoms with E-state index in [9.17, 15) is 14.4 Å². The second-order valence-electron chi connectivity index (χ2n) is 8.15. The zero-order chi connectivity index (χ0) is 18.5. The Labute approximate surface area is 158 Å². The average molecular weight is 368 g/mol. The number of benzene rings is 1. The molecule has 0 saturated carbocycles. The van der Waals surface area contributed by atoms with E-state index in [-0.39, 0.29) is 24.1 Å². The third-order valence-electron chi connectivity index (χ3n) is 6.52. The zero-order valence-corrected chi connectivity index (χ0v) is 15.2. The van der Waals surface area contributed by atoms with E-state index in [1.807, 2.05) is 18.2 Å². The lowest BCUT2D eigenvalue weighted by molar-refractivity contribution is -0.136. The van der Waals surface area contributed by atoms with Crippen LogP contribution in [0.4, 0.5) is 0 Å². The minimum Gasteiger partial charge on any atom is -0.322 e. The van der Waals surface area contributed by atoms with Crippen LogP contribution >= 0.6 is 0 Å². The van der Waals surface area contributed by atoms with Crippen molar-refractivity contribution in [3.8, 4) is 0 Å². The third-order valence-corrected chi connectivity index (χ3v) is 6.52. The maximum absolute atomic E-state index is 13.1. The molecule has 7 nitrogen and oxygen atoms in total. The number of hydrogen-bond donors (Lipinski definition) is 2. The molecule has 1 aromatic rings. The summed E-state index contributed by atoms with van der Waals surface area (Å²) in [6, 6.07) is 6.05. The summed E-state index contributed by atoms with van der Waals surface area (Å²) in [6.45, 7) is 4.44. The molecular weight excluding hydrogens is 344 g/mol. The number of hydrogen-bond acceptors (Lipinski definition) is 5. The van der Waals surface area contributed by atoms with Gasteiger partial charge in [-0.1, -0.05) is 18.2 Å². The van der Waals surface area contributed by atoms with Crippen molar-refractivity contribution in [1.82, 2.24) is 20.4 Å². The molecule has 1 aromatic carbocycles. The van der Waals surface area contributed by atoms with Gasteiger partial charge in [0.25, 0.3) is 5.91 Å². The Hall–Kier alpha value is -2.25. The number of rotatable bonds is 3. The fourth-order valence-electron chi connectivity index (χ4n) is 4.89. The number of likely N-dealkylation sites (tertiary alicyclic amines) is 1. The van der Waals surface area contributed by atoms with Gasteiger partial charge in [-0.15, -0.1) is 0 Å². The number of nitrogens with one attached hydrogen (secondary N) is 2. The first-order valence-electron chi connectivity index (χ1n) is 9.81. The van der Waals surface area contributed by atoms with Crippen LogP contribution in [-0.2, 0) is 22.7 Å². The van der Waals surface area contributed by atoms with Crippen molar-refractivity contribution in [2.75, 3.05) is 19.6 Å². The molecule has 0 radical (unpaired) electrons. The molecule has 0 aliphatic carbocycles. The first-order chi connectivity index (χ1) is 13.1. The van der Waals surface area contributed by atoms with Crippen molar-refractivity contribution in [3.05, 3.63) is 34.9 Å². The Kier molecular flexibility index (Phi) is 4.02. The van der Waals surface area contributed by atoms with E-state index in [0.717, 1.165) is 48.8 Å². The summed E-state index contributed by atoms with van der Waals surface area (Å²) in [4.78, 5) is 40.8. The molecule has 0 bridgehead atoms. The molecule has 3 amide bonds. The number of amides is 3. The van der Waals surface area contributed by atoms with Crippen LogP contribution < -0.4 is 10.6 Å². The van der Waals surface area contributed by atoms with Crippen LogP contribution in [0, 0.1) is 5.92 Å². The van der Waals surface area contributed by atoms with E-state index < -0.39 is 6.04 Å². The highest BCUT2D eigenvalue weighted by Crippen LogP contribution is 2.31. The molecule has 1 unspecified atom stereocenters. The molecule has 4 aliphatic heterocycles. The van der Waals surface area contributed by atoms with Gasteiger partial charge in [-0.25, -0.2) is 0 Å². The molecule has 4 aliphatic rings. The summed E-state index contributed by atoms with van der Waals surface area (Å²) in [6.07, 6.45) is 1.90. The lowest BCUT2D eigenvalue weighted by atomic mass is 9.85. The van der Waals surface area contributed by atoms with Gasteiger partial charge in [0.1, 0.15) is 6.04 Å². The van der Waals surface area contributed by atoms with E-state index in [0.29, 0.717) is 19.0 Å². The largest absolute Gasteiger partial charge is 0.322 e. The third kappa shape index (κ3) is 2.85. The van der Waals surface area contributed by atoms with Crippen LogP contribution in [-0.4, -0.2) is 59.2 Å². The number of piperidine rings is 2. The van der Waals surface area contributed by atoms with Crippen molar-refractivity contribution >= 4 is 17.7 Å². The number of nitrogens with zero attached hydrogens (tertiary/aromatic N) is 2. The van der Waals surface area contributed by atoms with Gasteiger partial charge < -0.3 is 10.2 Å². The van der Waals surface area contributed by atoms with Crippen molar-refractivity contribution in [1.29, 1.82) is 0 Å². The van der Waals surface area contributed by atoms with Gasteiger partial charge in [-0.05, 0) is 43.0 Å². The number of imide groups is 1. The minimum atomic E-state index is -0.551. The molecule has 7 heteroatoms. The quantitative estimate of drug-likeness (QED) is 0.747. The molecule has 3 saturated heterocycles. The Bertz CT molecular complexity index is 823. The number of carbonyl (C=O) groups excluding carboxylic acids is 3. The van der Waals surface area contributed by atoms with Crippen LogP contribution in [0.1, 0.15) is 40.7 Å². The lowest BCUT2D eigenvalue weighted by Gasteiger charge is -2.46. The van der Waals surface area contributed by atoms with E-state index >= 15 is 0 Å². The smallest absolute Gasteiger partial charge is 0.255 e. The first kappa shape index (κ1) is 16.9. The normalized spacial score (nSPS) is 30.6. The second-order valence-corrected chi connectivity index (χ2v) is 8.15. The summed E-state index contributed by atoms with van der Waals surface area (Å²) in [5.41, 5.74) is 2.79. The second kappa shape index (κ2) is 6.42. The molecule has 27 heavy (non-hydrogen) atoms. The highest BCUT2D eigenvalue weighted by atomic mass is 16.2. The predicted octanol–water partition coefficient (Wildman–Crippen LogP) is 0.241. The average Bonchev–Trinajstić information content (AvgIpc) is 2.95. The summed E-state index contributed by atoms with van der Waals surface area (Å²) in [5.74, 6) is 0.125. The highest BCUT2D eigenvalue weighted by Gasteiger charge is 2.41. The Balaban J connectivity index is 1.35. The SMILES string of the molecule is O=C1CCC(N2Cc3cccc(CN4CC[C@H]5CN[C@H]5C4)c3C2=O)C(=O)N1. The van der Waals surface area contributed by atoms with Gasteiger partial charge in [0.05, 0.1) is 0 Å². The summed E-state index contributed by atoms with van der Waals surface area (Å²) >= 11 is 0. The van der Waals surface area contributed by atoms with Crippen LogP contribution in [0.5, 0.6) is 0 Å². The molecule has 0 spiro atoms. The van der Waals surface area contributed by atoms with Crippen LogP contribution in [0.25, 0.3) is 0 Å². The molecule has 4 heterocycles. The van der Waals surface area contributed by atoms with E-state index in [1.165, 1.54) is 6.42 Å². The molecule has 5 rings (SSSR count). The van der Waals surface area contributed by atoms with E-state index in [1.54, 1.807) is 4.90 Å². The molecular formula is C20H24N4O3. The van der Waals surface area contributed by atoms with Crippen molar-refractivity contribution in [2.24, 2.45) is 5.92 Å². The minimum absolute atomic E-state index is 0.0771. The number of fused-ring (bicyclic) bond motifs is 2. The maximum atomic E-state index is 13.1. The predicted molar refractivity (Wildman–Crippen MR) is 97.7 cm³/mol. The van der Waals surface area contributed by atoms with Gasteiger partial charge in [-0.2, -0.15) is 0 Å². The van der Waals surface area contributed by atoms with Gasteiger partial charge in [-0.3, -0.25) is 24.6 Å². The van der Waals surface area contributed by atoms with Crippen LogP contribution in [0.3, 0.4) is 0 Å². The van der Waals surface area contributed by atoms with Gasteiger partial charge in [0, 0.05) is 37.7 Å². The molecule has 0 aromatic heterocycles.